The summed E-state index contributed by atoms with van der Waals surface area (Å²) in [5.74, 6) is 0.876. The highest BCUT2D eigenvalue weighted by atomic mass is 79.9. The molecule has 0 saturated heterocycles. The molecule has 39 heavy (non-hydrogen) atoms. The Bertz CT molecular complexity index is 1590. The zero-order chi connectivity index (χ0) is 28.3. The number of hydrogen-bond donors (Lipinski definition) is 0. The molecule has 204 valence electrons. The van der Waals surface area contributed by atoms with Crippen LogP contribution in [0, 0.1) is 13.8 Å². The first-order valence-corrected chi connectivity index (χ1v) is 13.8. The molecule has 0 saturated carbocycles. The van der Waals surface area contributed by atoms with Gasteiger partial charge in [0.25, 0.3) is 5.56 Å². The summed E-state index contributed by atoms with van der Waals surface area (Å²) in [4.78, 5) is 30.1. The fourth-order valence-corrected chi connectivity index (χ4v) is 4.76. The maximum absolute atomic E-state index is 13.5. The van der Waals surface area contributed by atoms with Crippen LogP contribution in [0.15, 0.2) is 62.9 Å². The maximum atomic E-state index is 13.5. The summed E-state index contributed by atoms with van der Waals surface area (Å²) in [5.41, 5.74) is 4.27. The molecule has 4 rings (SSSR count). The fourth-order valence-electron chi connectivity index (χ4n) is 4.40. The molecule has 0 N–H and O–H groups in total. The first kappa shape index (κ1) is 28.3. The first-order chi connectivity index (χ1) is 18.6. The van der Waals surface area contributed by atoms with Gasteiger partial charge in [-0.3, -0.25) is 4.79 Å². The van der Waals surface area contributed by atoms with E-state index in [0.29, 0.717) is 29.1 Å². The van der Waals surface area contributed by atoms with Crippen molar-refractivity contribution in [3.63, 3.8) is 0 Å². The number of benzene rings is 2. The van der Waals surface area contributed by atoms with Crippen molar-refractivity contribution in [3.05, 3.63) is 86.1 Å². The number of nitrogens with zero attached hydrogens (tertiary/aromatic N) is 4. The predicted octanol–water partition coefficient (Wildman–Crippen LogP) is 6.29. The van der Waals surface area contributed by atoms with E-state index in [1.54, 1.807) is 26.1 Å². The number of aryl methyl sites for hydroxylation is 1. The number of halogens is 1. The molecule has 0 bridgehead atoms. The maximum Gasteiger partial charge on any atom is 0.347 e. The van der Waals surface area contributed by atoms with Gasteiger partial charge in [0.2, 0.25) is 0 Å². The molecule has 2 aromatic carbocycles. The third kappa shape index (κ3) is 5.98. The van der Waals surface area contributed by atoms with Crippen LogP contribution in [0.5, 0.6) is 5.75 Å². The molecular formula is C30H33BrN4O4. The molecule has 0 aliphatic heterocycles. The van der Waals surface area contributed by atoms with Crippen molar-refractivity contribution < 1.29 is 14.3 Å². The van der Waals surface area contributed by atoms with E-state index in [2.05, 4.69) is 32.5 Å². The number of aromatic nitrogens is 3. The normalized spacial score (nSPS) is 13.1. The largest absolute Gasteiger partial charge is 0.479 e. The lowest BCUT2D eigenvalue weighted by molar-refractivity contribution is -0.150. The van der Waals surface area contributed by atoms with Gasteiger partial charge in [0.05, 0.1) is 23.7 Å². The Morgan fingerprint density at radius 2 is 1.82 bits per heavy atom. The molecule has 0 aliphatic carbocycles. The molecule has 0 amide bonds. The van der Waals surface area contributed by atoms with Crippen molar-refractivity contribution in [2.24, 2.45) is 5.10 Å². The predicted molar refractivity (Wildman–Crippen MR) is 157 cm³/mol. The Balaban J connectivity index is 1.67. The topological polar surface area (TPSA) is 87.7 Å². The van der Waals surface area contributed by atoms with Gasteiger partial charge in [0.1, 0.15) is 11.6 Å². The van der Waals surface area contributed by atoms with E-state index in [0.717, 1.165) is 33.5 Å². The van der Waals surface area contributed by atoms with Crippen molar-refractivity contribution in [3.8, 4) is 11.4 Å². The van der Waals surface area contributed by atoms with Crippen molar-refractivity contribution in [2.45, 2.75) is 60.0 Å². The number of rotatable bonds is 9. The van der Waals surface area contributed by atoms with Gasteiger partial charge < -0.3 is 14.0 Å². The van der Waals surface area contributed by atoms with Crippen LogP contribution in [-0.2, 0) is 9.53 Å². The van der Waals surface area contributed by atoms with Gasteiger partial charge in [0.15, 0.2) is 6.10 Å². The quantitative estimate of drug-likeness (QED) is 0.168. The second-order valence-electron chi connectivity index (χ2n) is 9.47. The zero-order valence-electron chi connectivity index (χ0n) is 23.1. The summed E-state index contributed by atoms with van der Waals surface area (Å²) >= 11 is 3.45. The van der Waals surface area contributed by atoms with E-state index in [9.17, 15) is 9.59 Å². The lowest BCUT2D eigenvalue weighted by atomic mass is 10.1. The van der Waals surface area contributed by atoms with E-state index in [1.165, 1.54) is 4.68 Å². The minimum atomic E-state index is -0.692. The van der Waals surface area contributed by atoms with E-state index in [4.69, 9.17) is 14.5 Å². The van der Waals surface area contributed by atoms with Crippen molar-refractivity contribution in [1.82, 2.24) is 14.2 Å². The van der Waals surface area contributed by atoms with Gasteiger partial charge in [-0.1, -0.05) is 29.8 Å². The van der Waals surface area contributed by atoms with Crippen LogP contribution in [0.4, 0.5) is 0 Å². The van der Waals surface area contributed by atoms with Crippen LogP contribution in [0.25, 0.3) is 16.6 Å². The average Bonchev–Trinajstić information content (AvgIpc) is 3.20. The van der Waals surface area contributed by atoms with E-state index in [-0.39, 0.29) is 11.5 Å². The molecule has 2 atom stereocenters. The SMILES string of the molecule is CCOC(=O)[C@H](C)Oc1ccc(-n2c(C)cc(C=Nn3c([C@H](C)CC)nc4ccc(Br)cc4c3=O)c2C)cc1. The molecule has 2 heterocycles. The van der Waals surface area contributed by atoms with Crippen LogP contribution in [-0.4, -0.2) is 39.1 Å². The second-order valence-corrected chi connectivity index (χ2v) is 10.4. The van der Waals surface area contributed by atoms with E-state index < -0.39 is 12.1 Å². The Labute approximate surface area is 236 Å². The smallest absolute Gasteiger partial charge is 0.347 e. The van der Waals surface area contributed by atoms with Crippen LogP contribution < -0.4 is 10.3 Å². The Kier molecular flexibility index (Phi) is 8.70. The molecular weight excluding hydrogens is 560 g/mol. The fraction of sp³-hybridized carbons (Fsp3) is 0.333. The minimum Gasteiger partial charge on any atom is -0.479 e. The summed E-state index contributed by atoms with van der Waals surface area (Å²) in [6, 6.07) is 15.1. The zero-order valence-corrected chi connectivity index (χ0v) is 24.7. The van der Waals surface area contributed by atoms with Crippen molar-refractivity contribution in [2.75, 3.05) is 6.61 Å². The minimum absolute atomic E-state index is 0.0580. The lowest BCUT2D eigenvalue weighted by Gasteiger charge is -2.15. The van der Waals surface area contributed by atoms with Crippen molar-refractivity contribution in [1.29, 1.82) is 0 Å². The molecule has 8 nitrogen and oxygen atoms in total. The second kappa shape index (κ2) is 12.0. The van der Waals surface area contributed by atoms with Gasteiger partial charge in [0, 0.05) is 33.0 Å². The highest BCUT2D eigenvalue weighted by molar-refractivity contribution is 9.10. The molecule has 0 spiro atoms. The summed E-state index contributed by atoms with van der Waals surface area (Å²) in [5, 5.41) is 5.15. The van der Waals surface area contributed by atoms with Gasteiger partial charge in [-0.2, -0.15) is 9.78 Å². The third-order valence-electron chi connectivity index (χ3n) is 6.70. The molecule has 0 aliphatic rings. The molecule has 0 fully saturated rings. The van der Waals surface area contributed by atoms with Gasteiger partial charge in [-0.15, -0.1) is 0 Å². The molecule has 0 unspecified atom stereocenters. The van der Waals surface area contributed by atoms with Gasteiger partial charge in [-0.25, -0.2) is 9.78 Å². The van der Waals surface area contributed by atoms with Crippen LogP contribution in [0.3, 0.4) is 0 Å². The summed E-state index contributed by atoms with van der Waals surface area (Å²) in [7, 11) is 0. The van der Waals surface area contributed by atoms with Crippen LogP contribution in [0.2, 0.25) is 0 Å². The Morgan fingerprint density at radius 1 is 1.10 bits per heavy atom. The number of fused-ring (bicyclic) bond motifs is 1. The van der Waals surface area contributed by atoms with Crippen molar-refractivity contribution >= 4 is 39.0 Å². The molecule has 2 aromatic heterocycles. The average molecular weight is 594 g/mol. The third-order valence-corrected chi connectivity index (χ3v) is 7.19. The number of carbonyl (C=O) groups is 1. The van der Waals surface area contributed by atoms with Crippen LogP contribution >= 0.6 is 15.9 Å². The summed E-state index contributed by atoms with van der Waals surface area (Å²) in [6.45, 7) is 11.9. The Morgan fingerprint density at radius 3 is 2.49 bits per heavy atom. The van der Waals surface area contributed by atoms with Crippen LogP contribution in [0.1, 0.15) is 62.8 Å². The number of hydrogen-bond acceptors (Lipinski definition) is 6. The van der Waals surface area contributed by atoms with Gasteiger partial charge in [-0.05, 0) is 82.6 Å². The number of carbonyl (C=O) groups excluding carboxylic acids is 1. The van der Waals surface area contributed by atoms with Gasteiger partial charge >= 0.3 is 5.97 Å². The summed E-state index contributed by atoms with van der Waals surface area (Å²) < 4.78 is 15.1. The molecule has 9 heteroatoms. The highest BCUT2D eigenvalue weighted by Gasteiger charge is 2.18. The Hall–Kier alpha value is -3.72. The highest BCUT2D eigenvalue weighted by Crippen LogP contribution is 2.24. The standard InChI is InChI=1S/C30H33BrN4O4/c1-7-18(3)28-33-27-14-9-23(31)16-26(27)29(36)35(28)32-17-22-15-19(4)34(20(22)5)24-10-12-25(13-11-24)39-21(6)30(37)38-8-2/h9-18,21H,7-8H2,1-6H3/t18-,21+/m1/s1. The number of esters is 1. The summed E-state index contributed by atoms with van der Waals surface area (Å²) in [6.07, 6.45) is 1.86. The number of ether oxygens (including phenoxy) is 2. The monoisotopic (exact) mass is 592 g/mol. The van der Waals surface area contributed by atoms with E-state index in [1.807, 2.05) is 63.2 Å². The molecule has 4 aromatic rings. The molecule has 0 radical (unpaired) electrons. The first-order valence-electron chi connectivity index (χ1n) is 13.0. The lowest BCUT2D eigenvalue weighted by Crippen LogP contribution is -2.26. The van der Waals surface area contributed by atoms with E-state index >= 15 is 0 Å².